The Bertz CT molecular complexity index is 375. The Balaban J connectivity index is 2.33. The highest BCUT2D eigenvalue weighted by atomic mass is 35.5. The Morgan fingerprint density at radius 1 is 1.33 bits per heavy atom. The van der Waals surface area contributed by atoms with Crippen LogP contribution in [0.1, 0.15) is 25.3 Å². The van der Waals surface area contributed by atoms with Gasteiger partial charge in [-0.1, -0.05) is 36.2 Å². The number of benzene rings is 1. The predicted molar refractivity (Wildman–Crippen MR) is 67.3 cm³/mol. The topological polar surface area (TPSA) is 0 Å². The average molecular weight is 264 g/mol. The maximum Gasteiger partial charge on any atom is 0.0595 e. The van der Waals surface area contributed by atoms with Gasteiger partial charge in [0.25, 0.3) is 0 Å². The van der Waals surface area contributed by atoms with Crippen LogP contribution in [0, 0.1) is 5.92 Å². The minimum absolute atomic E-state index is 0.260. The molecule has 0 radical (unpaired) electrons. The summed E-state index contributed by atoms with van der Waals surface area (Å²) < 4.78 is 0. The number of hydrogen-bond donors (Lipinski definition) is 0. The second-order valence-corrected chi connectivity index (χ2v) is 5.32. The summed E-state index contributed by atoms with van der Waals surface area (Å²) in [6.07, 6.45) is 2.29. The first kappa shape index (κ1) is 11.6. The lowest BCUT2D eigenvalue weighted by molar-refractivity contribution is 0.609. The Morgan fingerprint density at radius 3 is 2.53 bits per heavy atom. The lowest BCUT2D eigenvalue weighted by Gasteiger charge is -2.15. The van der Waals surface area contributed by atoms with Gasteiger partial charge in [0, 0.05) is 5.88 Å². The van der Waals surface area contributed by atoms with Gasteiger partial charge in [-0.3, -0.25) is 0 Å². The maximum atomic E-state index is 6.03. The zero-order chi connectivity index (χ0) is 11.1. The molecule has 1 aliphatic carbocycles. The average Bonchev–Trinajstić information content (AvgIpc) is 2.97. The van der Waals surface area contributed by atoms with Gasteiger partial charge in [0.05, 0.1) is 10.0 Å². The van der Waals surface area contributed by atoms with Crippen LogP contribution < -0.4 is 0 Å². The van der Waals surface area contributed by atoms with Gasteiger partial charge in [0.15, 0.2) is 0 Å². The second-order valence-electron chi connectivity index (χ2n) is 4.19. The predicted octanol–water partition coefficient (Wildman–Crippen LogP) is 4.90. The molecule has 2 atom stereocenters. The third kappa shape index (κ3) is 1.88. The molecule has 0 heterocycles. The van der Waals surface area contributed by atoms with Crippen molar-refractivity contribution in [2.24, 2.45) is 5.92 Å². The van der Waals surface area contributed by atoms with Gasteiger partial charge in [0.1, 0.15) is 0 Å². The molecule has 2 unspecified atom stereocenters. The van der Waals surface area contributed by atoms with Crippen LogP contribution in [0.15, 0.2) is 18.2 Å². The van der Waals surface area contributed by atoms with Crippen molar-refractivity contribution in [2.75, 3.05) is 5.88 Å². The van der Waals surface area contributed by atoms with E-state index < -0.39 is 0 Å². The Kier molecular flexibility index (Phi) is 3.21. The lowest BCUT2D eigenvalue weighted by atomic mass is 9.91. The Morgan fingerprint density at radius 2 is 2.07 bits per heavy atom. The molecule has 1 aromatic carbocycles. The van der Waals surface area contributed by atoms with Crippen molar-refractivity contribution in [1.29, 1.82) is 0 Å². The maximum absolute atomic E-state index is 6.03. The molecule has 1 aliphatic rings. The molecule has 82 valence electrons. The van der Waals surface area contributed by atoms with E-state index in [-0.39, 0.29) is 5.41 Å². The quantitative estimate of drug-likeness (QED) is 0.681. The van der Waals surface area contributed by atoms with E-state index in [1.165, 1.54) is 12.0 Å². The van der Waals surface area contributed by atoms with Crippen LogP contribution in [0.25, 0.3) is 0 Å². The molecule has 2 rings (SSSR count). The molecule has 3 heteroatoms. The molecule has 1 aromatic rings. The summed E-state index contributed by atoms with van der Waals surface area (Å²) in [5.74, 6) is 1.33. The molecule has 0 amide bonds. The molecule has 1 fully saturated rings. The van der Waals surface area contributed by atoms with Gasteiger partial charge in [-0.2, -0.15) is 0 Å². The molecular weight excluding hydrogens is 250 g/mol. The fraction of sp³-hybridized carbons (Fsp3) is 0.500. The van der Waals surface area contributed by atoms with Gasteiger partial charge < -0.3 is 0 Å². The molecule has 0 aliphatic heterocycles. The molecule has 0 saturated heterocycles. The summed E-state index contributed by atoms with van der Waals surface area (Å²) in [6, 6.07) is 5.93. The number of rotatable bonds is 3. The van der Waals surface area contributed by atoms with Gasteiger partial charge in [-0.15, -0.1) is 11.6 Å². The number of halogens is 3. The van der Waals surface area contributed by atoms with E-state index >= 15 is 0 Å². The fourth-order valence-corrected chi connectivity index (χ4v) is 3.08. The van der Waals surface area contributed by atoms with Crippen LogP contribution in [0.2, 0.25) is 10.0 Å². The van der Waals surface area contributed by atoms with E-state index in [0.29, 0.717) is 16.0 Å². The van der Waals surface area contributed by atoms with Crippen LogP contribution >= 0.6 is 34.8 Å². The monoisotopic (exact) mass is 262 g/mol. The summed E-state index contributed by atoms with van der Waals surface area (Å²) in [7, 11) is 0. The fourth-order valence-electron chi connectivity index (χ4n) is 2.38. The first-order valence-electron chi connectivity index (χ1n) is 5.15. The van der Waals surface area contributed by atoms with Crippen molar-refractivity contribution in [2.45, 2.75) is 25.2 Å². The Labute approximate surface area is 106 Å². The summed E-state index contributed by atoms with van der Waals surface area (Å²) in [5.41, 5.74) is 1.54. The Hall–Kier alpha value is 0.0900. The molecule has 1 saturated carbocycles. The van der Waals surface area contributed by atoms with Gasteiger partial charge >= 0.3 is 0 Å². The standard InChI is InChI=1S/C12H13Cl3/c1-2-12(6-9(12)7-13)8-3-4-10(14)11(15)5-8/h3-5,9H,2,6-7H2,1H3. The first-order chi connectivity index (χ1) is 7.14. The van der Waals surface area contributed by atoms with Crippen molar-refractivity contribution < 1.29 is 0 Å². The van der Waals surface area contributed by atoms with Crippen LogP contribution in [-0.4, -0.2) is 5.88 Å². The first-order valence-corrected chi connectivity index (χ1v) is 6.44. The van der Waals surface area contributed by atoms with Crippen molar-refractivity contribution in [1.82, 2.24) is 0 Å². The number of alkyl halides is 1. The van der Waals surface area contributed by atoms with E-state index in [4.69, 9.17) is 34.8 Å². The molecule has 15 heavy (non-hydrogen) atoms. The van der Waals surface area contributed by atoms with E-state index in [1.54, 1.807) is 0 Å². The van der Waals surface area contributed by atoms with Crippen LogP contribution in [0.3, 0.4) is 0 Å². The van der Waals surface area contributed by atoms with Crippen LogP contribution in [0.5, 0.6) is 0 Å². The lowest BCUT2D eigenvalue weighted by Crippen LogP contribution is -2.09. The van der Waals surface area contributed by atoms with Crippen LogP contribution in [0.4, 0.5) is 0 Å². The smallest absolute Gasteiger partial charge is 0.0595 e. The minimum atomic E-state index is 0.260. The van der Waals surface area contributed by atoms with Gasteiger partial charge in [0.2, 0.25) is 0 Å². The largest absolute Gasteiger partial charge is 0.126 e. The van der Waals surface area contributed by atoms with E-state index in [1.807, 2.05) is 12.1 Å². The molecule has 0 spiro atoms. The summed E-state index contributed by atoms with van der Waals surface area (Å²) in [6.45, 7) is 2.20. The molecule has 0 bridgehead atoms. The van der Waals surface area contributed by atoms with Crippen molar-refractivity contribution in [3.8, 4) is 0 Å². The normalized spacial score (nSPS) is 29.2. The summed E-state index contributed by atoms with van der Waals surface area (Å²) >= 11 is 17.9. The van der Waals surface area contributed by atoms with Crippen molar-refractivity contribution in [3.63, 3.8) is 0 Å². The zero-order valence-electron chi connectivity index (χ0n) is 8.56. The summed E-state index contributed by atoms with van der Waals surface area (Å²) in [4.78, 5) is 0. The third-order valence-corrected chi connectivity index (χ3v) is 4.66. The second kappa shape index (κ2) is 4.16. The zero-order valence-corrected chi connectivity index (χ0v) is 10.8. The molecule has 0 N–H and O–H groups in total. The molecule has 0 nitrogen and oxygen atoms in total. The highest BCUT2D eigenvalue weighted by molar-refractivity contribution is 6.42. The highest BCUT2D eigenvalue weighted by Crippen LogP contribution is 2.57. The van der Waals surface area contributed by atoms with Crippen molar-refractivity contribution >= 4 is 34.8 Å². The van der Waals surface area contributed by atoms with Gasteiger partial charge in [-0.25, -0.2) is 0 Å². The van der Waals surface area contributed by atoms with Crippen LogP contribution in [-0.2, 0) is 5.41 Å². The SMILES string of the molecule is CCC1(c2ccc(Cl)c(Cl)c2)CC1CCl. The van der Waals surface area contributed by atoms with Crippen molar-refractivity contribution in [3.05, 3.63) is 33.8 Å². The molecular formula is C12H13Cl3. The van der Waals surface area contributed by atoms with E-state index in [0.717, 1.165) is 12.3 Å². The highest BCUT2D eigenvalue weighted by Gasteiger charge is 2.52. The molecule has 0 aromatic heterocycles. The van der Waals surface area contributed by atoms with Gasteiger partial charge in [-0.05, 0) is 41.9 Å². The third-order valence-electron chi connectivity index (χ3n) is 3.54. The number of hydrogen-bond acceptors (Lipinski definition) is 0. The van der Waals surface area contributed by atoms with E-state index in [2.05, 4.69) is 13.0 Å². The summed E-state index contributed by atoms with van der Waals surface area (Å²) in [5, 5.41) is 1.26. The van der Waals surface area contributed by atoms with E-state index in [9.17, 15) is 0 Å². The minimum Gasteiger partial charge on any atom is -0.126 e.